The first kappa shape index (κ1) is 15.5. The second kappa shape index (κ2) is 7.81. The molecule has 0 aliphatic carbocycles. The van der Waals surface area contributed by atoms with Gasteiger partial charge in [-0.25, -0.2) is 0 Å². The lowest BCUT2D eigenvalue weighted by Crippen LogP contribution is -2.18. The van der Waals surface area contributed by atoms with E-state index in [0.29, 0.717) is 11.9 Å². The van der Waals surface area contributed by atoms with Crippen molar-refractivity contribution in [2.24, 2.45) is 5.92 Å². The normalized spacial score (nSPS) is 13.7. The summed E-state index contributed by atoms with van der Waals surface area (Å²) < 4.78 is 0. The van der Waals surface area contributed by atoms with Crippen molar-refractivity contribution in [3.05, 3.63) is 30.1 Å². The zero-order valence-electron chi connectivity index (χ0n) is 10.3. The van der Waals surface area contributed by atoms with E-state index in [9.17, 15) is 14.5 Å². The first-order valence-corrected chi connectivity index (χ1v) is 7.44. The molecular formula is C12H16NO5P. The second-order valence-electron chi connectivity index (χ2n) is 4.14. The van der Waals surface area contributed by atoms with Gasteiger partial charge in [0.05, 0.1) is 5.92 Å². The minimum Gasteiger partial charge on any atom is -0.481 e. The smallest absolute Gasteiger partial charge is 0.306 e. The number of aliphatic carboxylic acids is 2. The van der Waals surface area contributed by atoms with E-state index < -0.39 is 26.0 Å². The Bertz CT molecular complexity index is 425. The van der Waals surface area contributed by atoms with Crippen molar-refractivity contribution >= 4 is 20.1 Å². The molecule has 0 radical (unpaired) electrons. The lowest BCUT2D eigenvalue weighted by Gasteiger charge is -2.15. The second-order valence-corrected chi connectivity index (χ2v) is 5.83. The first-order chi connectivity index (χ1) is 8.99. The van der Waals surface area contributed by atoms with E-state index in [2.05, 4.69) is 4.98 Å². The largest absolute Gasteiger partial charge is 0.481 e. The van der Waals surface area contributed by atoms with Crippen molar-refractivity contribution in [2.45, 2.75) is 19.0 Å². The van der Waals surface area contributed by atoms with E-state index in [-0.39, 0.29) is 19.0 Å². The third-order valence-electron chi connectivity index (χ3n) is 2.56. The number of hydrogen-bond donors (Lipinski definition) is 3. The molecule has 0 aromatic carbocycles. The minimum absolute atomic E-state index is 0.0340. The van der Waals surface area contributed by atoms with Gasteiger partial charge < -0.3 is 15.1 Å². The van der Waals surface area contributed by atoms with E-state index in [1.807, 2.05) is 0 Å². The molecule has 7 heteroatoms. The zero-order chi connectivity index (χ0) is 14.3. The van der Waals surface area contributed by atoms with Crippen LogP contribution in [0.15, 0.2) is 24.4 Å². The van der Waals surface area contributed by atoms with E-state index >= 15 is 0 Å². The van der Waals surface area contributed by atoms with Gasteiger partial charge in [-0.05, 0) is 18.6 Å². The molecule has 1 rings (SSSR count). The highest BCUT2D eigenvalue weighted by Crippen LogP contribution is 2.37. The third-order valence-corrected chi connectivity index (χ3v) is 4.11. The fourth-order valence-electron chi connectivity index (χ4n) is 1.59. The third kappa shape index (κ3) is 6.27. The Morgan fingerprint density at radius 2 is 2.05 bits per heavy atom. The molecular weight excluding hydrogens is 269 g/mol. The summed E-state index contributed by atoms with van der Waals surface area (Å²) in [6.45, 7) is 0. The number of hydrogen-bond acceptors (Lipinski definition) is 4. The minimum atomic E-state index is -1.50. The van der Waals surface area contributed by atoms with Crippen LogP contribution in [0.4, 0.5) is 0 Å². The Hall–Kier alpha value is -1.52. The molecule has 1 aromatic heterocycles. The molecule has 0 aliphatic rings. The Labute approximate surface area is 111 Å². The maximum Gasteiger partial charge on any atom is 0.306 e. The number of rotatable bonds is 8. The van der Waals surface area contributed by atoms with Crippen LogP contribution in [-0.2, 0) is 15.8 Å². The number of aromatic nitrogens is 1. The molecule has 0 saturated carbocycles. The van der Waals surface area contributed by atoms with Gasteiger partial charge in [0.1, 0.15) is 0 Å². The SMILES string of the molecule is O=C(O)CCC(CP(O)Cc1ccccn1)C(=O)O. The van der Waals surface area contributed by atoms with Gasteiger partial charge in [-0.15, -0.1) is 0 Å². The van der Waals surface area contributed by atoms with Gasteiger partial charge in [0.2, 0.25) is 0 Å². The Kier molecular flexibility index (Phi) is 6.39. The molecule has 104 valence electrons. The molecule has 3 N–H and O–H groups in total. The number of carboxylic acids is 2. The van der Waals surface area contributed by atoms with Crippen LogP contribution in [0, 0.1) is 5.92 Å². The van der Waals surface area contributed by atoms with E-state index in [1.54, 1.807) is 24.4 Å². The number of carboxylic acid groups (broad SMARTS) is 2. The summed E-state index contributed by atoms with van der Waals surface area (Å²) >= 11 is 0. The van der Waals surface area contributed by atoms with Crippen LogP contribution in [0.3, 0.4) is 0 Å². The number of carbonyl (C=O) groups is 2. The van der Waals surface area contributed by atoms with Crippen LogP contribution in [0.1, 0.15) is 18.5 Å². The highest BCUT2D eigenvalue weighted by Gasteiger charge is 2.22. The van der Waals surface area contributed by atoms with Gasteiger partial charge in [-0.1, -0.05) is 6.07 Å². The van der Waals surface area contributed by atoms with Crippen molar-refractivity contribution < 1.29 is 24.7 Å². The zero-order valence-corrected chi connectivity index (χ0v) is 11.2. The lowest BCUT2D eigenvalue weighted by molar-refractivity contribution is -0.142. The molecule has 0 aliphatic heterocycles. The molecule has 1 heterocycles. The van der Waals surface area contributed by atoms with Crippen LogP contribution in [0.5, 0.6) is 0 Å². The fraction of sp³-hybridized carbons (Fsp3) is 0.417. The summed E-state index contributed by atoms with van der Waals surface area (Å²) in [5, 5.41) is 17.5. The van der Waals surface area contributed by atoms with E-state index in [4.69, 9.17) is 10.2 Å². The Balaban J connectivity index is 2.49. The molecule has 0 fully saturated rings. The van der Waals surface area contributed by atoms with Crippen molar-refractivity contribution in [3.8, 4) is 0 Å². The highest BCUT2D eigenvalue weighted by molar-refractivity contribution is 7.50. The van der Waals surface area contributed by atoms with Gasteiger partial charge >= 0.3 is 11.9 Å². The summed E-state index contributed by atoms with van der Waals surface area (Å²) in [5.74, 6) is -2.92. The Morgan fingerprint density at radius 1 is 1.32 bits per heavy atom. The molecule has 1 aromatic rings. The lowest BCUT2D eigenvalue weighted by atomic mass is 10.1. The van der Waals surface area contributed by atoms with Gasteiger partial charge in [0.25, 0.3) is 0 Å². The van der Waals surface area contributed by atoms with Crippen LogP contribution >= 0.6 is 8.15 Å². The van der Waals surface area contributed by atoms with Crippen LogP contribution < -0.4 is 0 Å². The van der Waals surface area contributed by atoms with Crippen molar-refractivity contribution in [1.82, 2.24) is 4.98 Å². The number of nitrogens with zero attached hydrogens (tertiary/aromatic N) is 1. The van der Waals surface area contributed by atoms with Crippen LogP contribution in [0.25, 0.3) is 0 Å². The van der Waals surface area contributed by atoms with Gasteiger partial charge in [0, 0.05) is 38.8 Å². The maximum absolute atomic E-state index is 11.0. The molecule has 19 heavy (non-hydrogen) atoms. The highest BCUT2D eigenvalue weighted by atomic mass is 31.1. The van der Waals surface area contributed by atoms with Gasteiger partial charge in [0.15, 0.2) is 0 Å². The topological polar surface area (TPSA) is 108 Å². The average molecular weight is 285 g/mol. The fourth-order valence-corrected chi connectivity index (χ4v) is 3.13. The van der Waals surface area contributed by atoms with Gasteiger partial charge in [-0.3, -0.25) is 14.6 Å². The summed E-state index contributed by atoms with van der Waals surface area (Å²) in [5.41, 5.74) is 0.707. The van der Waals surface area contributed by atoms with Gasteiger partial charge in [-0.2, -0.15) is 0 Å². The molecule has 2 unspecified atom stereocenters. The van der Waals surface area contributed by atoms with E-state index in [1.165, 1.54) is 0 Å². The quantitative estimate of drug-likeness (QED) is 0.625. The van der Waals surface area contributed by atoms with Crippen molar-refractivity contribution in [1.29, 1.82) is 0 Å². The maximum atomic E-state index is 11.0. The summed E-state index contributed by atoms with van der Waals surface area (Å²) in [7, 11) is -1.50. The molecule has 0 amide bonds. The molecule has 6 nitrogen and oxygen atoms in total. The van der Waals surface area contributed by atoms with Crippen molar-refractivity contribution in [3.63, 3.8) is 0 Å². The number of pyridine rings is 1. The summed E-state index contributed by atoms with van der Waals surface area (Å²) in [4.78, 5) is 35.4. The first-order valence-electron chi connectivity index (χ1n) is 5.77. The molecule has 0 saturated heterocycles. The Morgan fingerprint density at radius 3 is 2.58 bits per heavy atom. The van der Waals surface area contributed by atoms with Crippen molar-refractivity contribution in [2.75, 3.05) is 6.16 Å². The monoisotopic (exact) mass is 285 g/mol. The van der Waals surface area contributed by atoms with E-state index in [0.717, 1.165) is 0 Å². The van der Waals surface area contributed by atoms with Crippen LogP contribution in [-0.4, -0.2) is 38.2 Å². The predicted molar refractivity (Wildman–Crippen MR) is 69.9 cm³/mol. The summed E-state index contributed by atoms with van der Waals surface area (Å²) in [6.07, 6.45) is 1.86. The molecule has 0 bridgehead atoms. The van der Waals surface area contributed by atoms with Crippen LogP contribution in [0.2, 0.25) is 0 Å². The molecule has 0 spiro atoms. The average Bonchev–Trinajstić information content (AvgIpc) is 2.35. The predicted octanol–water partition coefficient (Wildman–Crippen LogP) is 1.54. The molecule has 2 atom stereocenters. The standard InChI is InChI=1S/C12H16NO5P/c14-11(15)5-4-9(12(16)17)7-19(18)8-10-3-1-2-6-13-10/h1-3,6,9,18H,4-5,7-8H2,(H,14,15)(H,16,17). The summed E-state index contributed by atoms with van der Waals surface area (Å²) in [6, 6.07) is 5.32.